The molecular formula is C8H16O2. The van der Waals surface area contributed by atoms with Crippen molar-refractivity contribution >= 4 is 0 Å². The Morgan fingerprint density at radius 2 is 2.10 bits per heavy atom. The van der Waals surface area contributed by atoms with Crippen molar-refractivity contribution in [2.24, 2.45) is 0 Å². The summed E-state index contributed by atoms with van der Waals surface area (Å²) in [6.07, 6.45) is 3.10. The van der Waals surface area contributed by atoms with Crippen LogP contribution in [0.1, 0.15) is 26.2 Å². The molecular weight excluding hydrogens is 128 g/mol. The van der Waals surface area contributed by atoms with Gasteiger partial charge in [-0.05, 0) is 26.2 Å². The highest BCUT2D eigenvalue weighted by molar-refractivity contribution is 4.69. The topological polar surface area (TPSA) is 40.5 Å². The summed E-state index contributed by atoms with van der Waals surface area (Å²) < 4.78 is 0. The first-order valence-electron chi connectivity index (χ1n) is 3.65. The Morgan fingerprint density at radius 3 is 2.50 bits per heavy atom. The monoisotopic (exact) mass is 144 g/mol. The molecule has 2 nitrogen and oxygen atoms in total. The molecule has 0 radical (unpaired) electrons. The summed E-state index contributed by atoms with van der Waals surface area (Å²) in [6.45, 7) is 5.15. The summed E-state index contributed by atoms with van der Waals surface area (Å²) in [4.78, 5) is 0. The summed E-state index contributed by atoms with van der Waals surface area (Å²) in [5.74, 6) is 0. The van der Waals surface area contributed by atoms with Crippen LogP contribution in [0.5, 0.6) is 0 Å². The van der Waals surface area contributed by atoms with Crippen LogP contribution in [0, 0.1) is 0 Å². The molecule has 0 bridgehead atoms. The molecule has 0 heterocycles. The van der Waals surface area contributed by atoms with Crippen LogP contribution in [0.2, 0.25) is 0 Å². The Labute approximate surface area is 62.2 Å². The Hall–Kier alpha value is -0.340. The zero-order valence-corrected chi connectivity index (χ0v) is 6.45. The van der Waals surface area contributed by atoms with Gasteiger partial charge in [-0.3, -0.25) is 0 Å². The number of allylic oxidation sites excluding steroid dienone is 1. The quantitative estimate of drug-likeness (QED) is 0.448. The third-order valence-corrected chi connectivity index (χ3v) is 1.46. The summed E-state index contributed by atoms with van der Waals surface area (Å²) in [7, 11) is 0. The number of hydrogen-bond acceptors (Lipinski definition) is 2. The maximum atomic E-state index is 9.07. The van der Waals surface area contributed by atoms with E-state index in [1.54, 1.807) is 6.92 Å². The van der Waals surface area contributed by atoms with Gasteiger partial charge in [0.05, 0.1) is 12.2 Å². The second kappa shape index (κ2) is 5.45. The van der Waals surface area contributed by atoms with Crippen LogP contribution in [0.4, 0.5) is 0 Å². The fourth-order valence-corrected chi connectivity index (χ4v) is 0.713. The van der Waals surface area contributed by atoms with Crippen molar-refractivity contribution in [1.82, 2.24) is 0 Å². The van der Waals surface area contributed by atoms with E-state index < -0.39 is 12.2 Å². The lowest BCUT2D eigenvalue weighted by atomic mass is 10.1. The molecule has 2 heteroatoms. The van der Waals surface area contributed by atoms with Gasteiger partial charge >= 0.3 is 0 Å². The lowest BCUT2D eigenvalue weighted by molar-refractivity contribution is 0.0252. The Balaban J connectivity index is 3.21. The van der Waals surface area contributed by atoms with Crippen LogP contribution >= 0.6 is 0 Å². The van der Waals surface area contributed by atoms with Crippen LogP contribution in [0.25, 0.3) is 0 Å². The molecule has 0 aromatic carbocycles. The fourth-order valence-electron chi connectivity index (χ4n) is 0.713. The first-order valence-corrected chi connectivity index (χ1v) is 3.65. The average Bonchev–Trinajstić information content (AvgIpc) is 1.88. The largest absolute Gasteiger partial charge is 0.391 e. The van der Waals surface area contributed by atoms with Crippen molar-refractivity contribution < 1.29 is 10.2 Å². The first-order chi connectivity index (χ1) is 4.68. The second-order valence-electron chi connectivity index (χ2n) is 2.53. The van der Waals surface area contributed by atoms with Gasteiger partial charge in [0.25, 0.3) is 0 Å². The van der Waals surface area contributed by atoms with E-state index in [9.17, 15) is 0 Å². The molecule has 0 aliphatic rings. The summed E-state index contributed by atoms with van der Waals surface area (Å²) >= 11 is 0. The molecule has 2 atom stereocenters. The van der Waals surface area contributed by atoms with Gasteiger partial charge in [-0.25, -0.2) is 0 Å². The SMILES string of the molecule is C=CCCC[C@@H](O)[C@H](C)O. The van der Waals surface area contributed by atoms with E-state index in [0.29, 0.717) is 6.42 Å². The zero-order chi connectivity index (χ0) is 7.98. The molecule has 10 heavy (non-hydrogen) atoms. The van der Waals surface area contributed by atoms with Crippen molar-refractivity contribution in [1.29, 1.82) is 0 Å². The molecule has 0 aromatic rings. The molecule has 0 saturated carbocycles. The number of aliphatic hydroxyl groups is 2. The van der Waals surface area contributed by atoms with E-state index in [1.807, 2.05) is 6.08 Å². The van der Waals surface area contributed by atoms with Gasteiger partial charge in [-0.15, -0.1) is 6.58 Å². The minimum Gasteiger partial charge on any atom is -0.391 e. The van der Waals surface area contributed by atoms with Crippen molar-refractivity contribution in [3.05, 3.63) is 12.7 Å². The number of unbranched alkanes of at least 4 members (excludes halogenated alkanes) is 1. The van der Waals surface area contributed by atoms with Gasteiger partial charge in [0.2, 0.25) is 0 Å². The van der Waals surface area contributed by atoms with Gasteiger partial charge in [0.15, 0.2) is 0 Å². The van der Waals surface area contributed by atoms with E-state index in [4.69, 9.17) is 10.2 Å². The maximum Gasteiger partial charge on any atom is 0.0796 e. The summed E-state index contributed by atoms with van der Waals surface area (Å²) in [6, 6.07) is 0. The predicted molar refractivity (Wildman–Crippen MR) is 41.7 cm³/mol. The summed E-state index contributed by atoms with van der Waals surface area (Å²) in [5, 5.41) is 17.9. The maximum absolute atomic E-state index is 9.07. The van der Waals surface area contributed by atoms with E-state index in [-0.39, 0.29) is 0 Å². The molecule has 0 aliphatic heterocycles. The van der Waals surface area contributed by atoms with Crippen molar-refractivity contribution in [3.8, 4) is 0 Å². The van der Waals surface area contributed by atoms with E-state index in [0.717, 1.165) is 12.8 Å². The van der Waals surface area contributed by atoms with Crippen LogP contribution in [-0.2, 0) is 0 Å². The molecule has 0 rings (SSSR count). The second-order valence-corrected chi connectivity index (χ2v) is 2.53. The fraction of sp³-hybridized carbons (Fsp3) is 0.750. The van der Waals surface area contributed by atoms with Crippen molar-refractivity contribution in [2.45, 2.75) is 38.4 Å². The van der Waals surface area contributed by atoms with Crippen LogP contribution in [-0.4, -0.2) is 22.4 Å². The van der Waals surface area contributed by atoms with E-state index in [1.165, 1.54) is 0 Å². The molecule has 0 saturated heterocycles. The van der Waals surface area contributed by atoms with Crippen molar-refractivity contribution in [2.75, 3.05) is 0 Å². The molecule has 2 N–H and O–H groups in total. The van der Waals surface area contributed by atoms with Crippen LogP contribution in [0.3, 0.4) is 0 Å². The third kappa shape index (κ3) is 4.53. The van der Waals surface area contributed by atoms with E-state index in [2.05, 4.69) is 6.58 Å². The van der Waals surface area contributed by atoms with E-state index >= 15 is 0 Å². The van der Waals surface area contributed by atoms with Gasteiger partial charge < -0.3 is 10.2 Å². The lowest BCUT2D eigenvalue weighted by Gasteiger charge is -2.11. The molecule has 0 fully saturated rings. The Bertz CT molecular complexity index is 89.3. The highest BCUT2D eigenvalue weighted by Gasteiger charge is 2.08. The number of aliphatic hydroxyl groups excluding tert-OH is 2. The molecule has 0 spiro atoms. The normalized spacial score (nSPS) is 16.3. The molecule has 0 unspecified atom stereocenters. The highest BCUT2D eigenvalue weighted by Crippen LogP contribution is 2.04. The Kier molecular flexibility index (Phi) is 5.26. The molecule has 60 valence electrons. The minimum absolute atomic E-state index is 0.569. The third-order valence-electron chi connectivity index (χ3n) is 1.46. The first kappa shape index (κ1) is 9.66. The molecule has 0 aromatic heterocycles. The van der Waals surface area contributed by atoms with Gasteiger partial charge in [0, 0.05) is 0 Å². The number of hydrogen-bond donors (Lipinski definition) is 2. The van der Waals surface area contributed by atoms with Gasteiger partial charge in [-0.1, -0.05) is 6.08 Å². The Morgan fingerprint density at radius 1 is 1.50 bits per heavy atom. The average molecular weight is 144 g/mol. The van der Waals surface area contributed by atoms with Gasteiger partial charge in [0.1, 0.15) is 0 Å². The van der Waals surface area contributed by atoms with Crippen LogP contribution < -0.4 is 0 Å². The minimum atomic E-state index is -0.607. The standard InChI is InChI=1S/C8H16O2/c1-3-4-5-6-8(10)7(2)9/h3,7-10H,1,4-6H2,2H3/t7-,8+/m0/s1. The zero-order valence-electron chi connectivity index (χ0n) is 6.45. The molecule has 0 amide bonds. The number of rotatable bonds is 5. The van der Waals surface area contributed by atoms with Crippen molar-refractivity contribution in [3.63, 3.8) is 0 Å². The lowest BCUT2D eigenvalue weighted by Crippen LogP contribution is -2.21. The predicted octanol–water partition coefficient (Wildman–Crippen LogP) is 1.08. The summed E-state index contributed by atoms with van der Waals surface area (Å²) in [5.41, 5.74) is 0. The smallest absolute Gasteiger partial charge is 0.0796 e. The van der Waals surface area contributed by atoms with Crippen LogP contribution in [0.15, 0.2) is 12.7 Å². The van der Waals surface area contributed by atoms with Gasteiger partial charge in [-0.2, -0.15) is 0 Å². The highest BCUT2D eigenvalue weighted by atomic mass is 16.3. The molecule has 0 aliphatic carbocycles.